The highest BCUT2D eigenvalue weighted by Gasteiger charge is 2.34. The number of hydrogen-bond donors (Lipinski definition) is 1. The van der Waals surface area contributed by atoms with Gasteiger partial charge >= 0.3 is 0 Å². The molecule has 0 aliphatic heterocycles. The summed E-state index contributed by atoms with van der Waals surface area (Å²) in [6, 6.07) is 20.2. The lowest BCUT2D eigenvalue weighted by atomic mass is 10.1. The van der Waals surface area contributed by atoms with Crippen molar-refractivity contribution in [1.82, 2.24) is 4.98 Å². The van der Waals surface area contributed by atoms with E-state index in [1.54, 1.807) is 10.4 Å². The van der Waals surface area contributed by atoms with Gasteiger partial charge in [0.05, 0.1) is 0 Å². The number of H-pyrrole nitrogens is 1. The average molecular weight is 354 g/mol. The van der Waals surface area contributed by atoms with Crippen LogP contribution < -0.4 is 5.19 Å². The summed E-state index contributed by atoms with van der Waals surface area (Å²) in [5, 5.41) is 7.34. The molecule has 5 rings (SSSR count). The summed E-state index contributed by atoms with van der Waals surface area (Å²) in [4.78, 5) is 3.42. The molecular formula is C24H23NSi. The Hall–Kier alpha value is -2.58. The van der Waals surface area contributed by atoms with Crippen LogP contribution in [0, 0.1) is 6.92 Å². The van der Waals surface area contributed by atoms with Crippen molar-refractivity contribution in [2.24, 2.45) is 0 Å². The number of aromatic amines is 1. The van der Waals surface area contributed by atoms with Crippen molar-refractivity contribution in [2.75, 3.05) is 0 Å². The van der Waals surface area contributed by atoms with Crippen molar-refractivity contribution in [3.05, 3.63) is 82.7 Å². The van der Waals surface area contributed by atoms with E-state index in [1.165, 1.54) is 38.4 Å². The van der Waals surface area contributed by atoms with Crippen LogP contribution in [0.25, 0.3) is 27.8 Å². The molecule has 2 heteroatoms. The third-order valence-corrected chi connectivity index (χ3v) is 9.90. The highest BCUT2D eigenvalue weighted by atomic mass is 28.3. The van der Waals surface area contributed by atoms with E-state index in [-0.39, 0.29) is 0 Å². The molecule has 0 radical (unpaired) electrons. The van der Waals surface area contributed by atoms with Gasteiger partial charge in [-0.1, -0.05) is 66.3 Å². The monoisotopic (exact) mass is 353 g/mol. The number of allylic oxidation sites excluding steroid dienone is 1. The standard InChI is InChI=1S/C24H23NSi/c1-16-11-20-12-19-9-6-10-25-23(19)15-22(20)24(16)26(2,3)21-13-17-7-4-5-8-18(17)14-21/h4-13,15,25H,14H2,1-3H3. The summed E-state index contributed by atoms with van der Waals surface area (Å²) in [7, 11) is -1.74. The summed E-state index contributed by atoms with van der Waals surface area (Å²) >= 11 is 0. The summed E-state index contributed by atoms with van der Waals surface area (Å²) in [6.07, 6.45) is 5.59. The molecule has 26 heavy (non-hydrogen) atoms. The first kappa shape index (κ1) is 15.7. The summed E-state index contributed by atoms with van der Waals surface area (Å²) in [5.74, 6) is 0. The Kier molecular flexibility index (Phi) is 3.28. The van der Waals surface area contributed by atoms with Crippen LogP contribution in [0.15, 0.2) is 66.0 Å². The first-order valence-corrected chi connectivity index (χ1v) is 12.3. The van der Waals surface area contributed by atoms with Crippen LogP contribution in [-0.2, 0) is 6.42 Å². The van der Waals surface area contributed by atoms with Crippen LogP contribution in [0.4, 0.5) is 0 Å². The first-order valence-electron chi connectivity index (χ1n) is 9.34. The van der Waals surface area contributed by atoms with Crippen molar-refractivity contribution >= 4 is 41.0 Å². The molecule has 0 amide bonds. The molecule has 1 aromatic heterocycles. The van der Waals surface area contributed by atoms with Gasteiger partial charge in [0.1, 0.15) is 8.07 Å². The van der Waals surface area contributed by atoms with Crippen LogP contribution in [0.1, 0.15) is 16.7 Å². The zero-order chi connectivity index (χ0) is 17.9. The normalized spacial score (nSPS) is 14.0. The van der Waals surface area contributed by atoms with Crippen LogP contribution in [0.2, 0.25) is 13.1 Å². The highest BCUT2D eigenvalue weighted by molar-refractivity contribution is 6.98. The van der Waals surface area contributed by atoms with E-state index in [2.05, 4.69) is 85.7 Å². The Morgan fingerprint density at radius 1 is 0.923 bits per heavy atom. The number of hydrogen-bond acceptors (Lipinski definition) is 0. The van der Waals surface area contributed by atoms with Gasteiger partial charge in [-0.25, -0.2) is 0 Å². The van der Waals surface area contributed by atoms with Gasteiger partial charge in [-0.15, -0.1) is 0 Å². The van der Waals surface area contributed by atoms with Crippen molar-refractivity contribution in [3.63, 3.8) is 0 Å². The number of pyridine rings is 1. The SMILES string of the molecule is Cc1cc2cc3ccc[nH]c3cc2c1[Si](C)(C)C1=Cc2ccccc2C1. The molecule has 0 atom stereocenters. The van der Waals surface area contributed by atoms with Crippen LogP contribution >= 0.6 is 0 Å². The smallest absolute Gasteiger partial charge is 0.109 e. The molecule has 0 bridgehead atoms. The maximum atomic E-state index is 3.42. The number of aromatic nitrogens is 1. The average Bonchev–Trinajstić information content (AvgIpc) is 3.20. The molecule has 1 N–H and O–H groups in total. The summed E-state index contributed by atoms with van der Waals surface area (Å²) in [5.41, 5.74) is 5.56. The van der Waals surface area contributed by atoms with E-state index in [0.717, 1.165) is 6.42 Å². The number of benzene rings is 2. The Bertz CT molecular complexity index is 1190. The molecule has 1 nitrogen and oxygen atoms in total. The second kappa shape index (κ2) is 5.45. The van der Waals surface area contributed by atoms with E-state index in [9.17, 15) is 0 Å². The minimum atomic E-state index is -1.74. The Balaban J connectivity index is 1.71. The van der Waals surface area contributed by atoms with Gasteiger partial charge in [0.2, 0.25) is 0 Å². The van der Waals surface area contributed by atoms with Crippen molar-refractivity contribution in [1.29, 1.82) is 0 Å². The van der Waals surface area contributed by atoms with Crippen molar-refractivity contribution < 1.29 is 0 Å². The fourth-order valence-corrected chi connectivity index (χ4v) is 8.13. The van der Waals surface area contributed by atoms with E-state index >= 15 is 0 Å². The van der Waals surface area contributed by atoms with Gasteiger partial charge in [-0.2, -0.15) is 0 Å². The maximum Gasteiger partial charge on any atom is 0.109 e. The molecule has 1 heterocycles. The number of rotatable bonds is 2. The van der Waals surface area contributed by atoms with Gasteiger partial charge in [0.25, 0.3) is 0 Å². The number of nitrogens with one attached hydrogen (secondary N) is 1. The lowest BCUT2D eigenvalue weighted by Crippen LogP contribution is -2.44. The van der Waals surface area contributed by atoms with Gasteiger partial charge in [0.15, 0.2) is 0 Å². The van der Waals surface area contributed by atoms with E-state index < -0.39 is 8.07 Å². The molecule has 0 fully saturated rings. The van der Waals surface area contributed by atoms with E-state index in [0.29, 0.717) is 0 Å². The van der Waals surface area contributed by atoms with E-state index in [1.807, 2.05) is 6.20 Å². The maximum absolute atomic E-state index is 3.42. The zero-order valence-corrected chi connectivity index (χ0v) is 16.6. The summed E-state index contributed by atoms with van der Waals surface area (Å²) < 4.78 is 0. The molecular weight excluding hydrogens is 330 g/mol. The van der Waals surface area contributed by atoms with Crippen molar-refractivity contribution in [2.45, 2.75) is 26.4 Å². The Morgan fingerprint density at radius 3 is 2.62 bits per heavy atom. The zero-order valence-electron chi connectivity index (χ0n) is 15.6. The fraction of sp³-hybridized carbons (Fsp3) is 0.167. The second-order valence-corrected chi connectivity index (χ2v) is 12.5. The molecule has 3 aromatic carbocycles. The van der Waals surface area contributed by atoms with Gasteiger partial charge in [-0.3, -0.25) is 0 Å². The topological polar surface area (TPSA) is 15.8 Å². The largest absolute Gasteiger partial charge is 0.361 e. The van der Waals surface area contributed by atoms with E-state index in [4.69, 9.17) is 0 Å². The minimum Gasteiger partial charge on any atom is -0.361 e. The molecule has 1 aliphatic carbocycles. The van der Waals surface area contributed by atoms with Crippen LogP contribution in [-0.4, -0.2) is 13.1 Å². The Labute approximate surface area is 155 Å². The molecule has 4 aromatic rings. The lowest BCUT2D eigenvalue weighted by molar-refractivity contribution is 1.26. The van der Waals surface area contributed by atoms with Gasteiger partial charge in [0, 0.05) is 11.7 Å². The Morgan fingerprint density at radius 2 is 1.77 bits per heavy atom. The quantitative estimate of drug-likeness (QED) is 0.443. The third-order valence-electron chi connectivity index (χ3n) is 6.06. The molecule has 0 spiro atoms. The van der Waals surface area contributed by atoms with Crippen LogP contribution in [0.5, 0.6) is 0 Å². The third kappa shape index (κ3) is 2.22. The predicted molar refractivity (Wildman–Crippen MR) is 116 cm³/mol. The highest BCUT2D eigenvalue weighted by Crippen LogP contribution is 2.34. The first-order chi connectivity index (χ1) is 12.5. The summed E-state index contributed by atoms with van der Waals surface area (Å²) in [6.45, 7) is 7.33. The fourth-order valence-electron chi connectivity index (χ4n) is 4.71. The minimum absolute atomic E-state index is 1.11. The molecule has 0 unspecified atom stereocenters. The molecule has 1 aliphatic rings. The van der Waals surface area contributed by atoms with Crippen LogP contribution in [0.3, 0.4) is 0 Å². The van der Waals surface area contributed by atoms with Crippen molar-refractivity contribution in [3.8, 4) is 0 Å². The molecule has 128 valence electrons. The van der Waals surface area contributed by atoms with Gasteiger partial charge < -0.3 is 4.98 Å². The molecule has 0 saturated carbocycles. The molecule has 0 saturated heterocycles. The van der Waals surface area contributed by atoms with Gasteiger partial charge in [-0.05, 0) is 64.0 Å². The predicted octanol–water partition coefficient (Wildman–Crippen LogP) is 5.72. The lowest BCUT2D eigenvalue weighted by Gasteiger charge is -2.26. The number of fused-ring (bicyclic) bond motifs is 3. The number of aryl methyl sites for hydroxylation is 1. The second-order valence-electron chi connectivity index (χ2n) is 8.07.